The van der Waals surface area contributed by atoms with Crippen molar-refractivity contribution in [3.8, 4) is 17.1 Å². The normalized spacial score (nSPS) is 18.7. The Hall–Kier alpha value is -4.10. The van der Waals surface area contributed by atoms with Gasteiger partial charge in [0, 0.05) is 39.4 Å². The monoisotopic (exact) mass is 546 g/mol. The summed E-state index contributed by atoms with van der Waals surface area (Å²) >= 11 is 3.78. The number of aromatic nitrogens is 3. The lowest BCUT2D eigenvalue weighted by Gasteiger charge is -2.29. The third-order valence-electron chi connectivity index (χ3n) is 6.85. The number of rotatable bonds is 4. The van der Waals surface area contributed by atoms with E-state index >= 15 is 0 Å². The summed E-state index contributed by atoms with van der Waals surface area (Å²) in [5, 5.41) is 0. The first-order chi connectivity index (χ1) is 18.3. The van der Waals surface area contributed by atoms with Gasteiger partial charge in [-0.05, 0) is 67.4 Å². The predicted octanol–water partition coefficient (Wildman–Crippen LogP) is 6.68. The quantitative estimate of drug-likeness (QED) is 0.252. The van der Waals surface area contributed by atoms with Gasteiger partial charge in [0.15, 0.2) is 5.65 Å². The maximum atomic E-state index is 5.21. The van der Waals surface area contributed by atoms with Crippen molar-refractivity contribution >= 4 is 44.8 Å². The van der Waals surface area contributed by atoms with Gasteiger partial charge in [-0.3, -0.25) is 14.6 Å². The van der Waals surface area contributed by atoms with Crippen LogP contribution in [0.4, 0.5) is 5.69 Å². The molecule has 5 aromatic rings. The van der Waals surface area contributed by atoms with E-state index in [0.717, 1.165) is 62.6 Å². The van der Waals surface area contributed by atoms with E-state index in [1.807, 2.05) is 48.8 Å². The Labute approximate surface area is 223 Å². The molecule has 2 aliphatic rings. The third-order valence-corrected chi connectivity index (χ3v) is 7.31. The zero-order valence-electron chi connectivity index (χ0n) is 19.9. The van der Waals surface area contributed by atoms with Gasteiger partial charge in [-0.15, -0.1) is 0 Å². The second-order valence-corrected chi connectivity index (χ2v) is 10.1. The van der Waals surface area contributed by atoms with Crippen LogP contribution in [0.5, 0.6) is 0 Å². The van der Waals surface area contributed by atoms with Crippen molar-refractivity contribution in [1.29, 1.82) is 0 Å². The van der Waals surface area contributed by atoms with Crippen LogP contribution in [0, 0.1) is 0 Å². The van der Waals surface area contributed by atoms with Gasteiger partial charge in [-0.1, -0.05) is 52.3 Å². The Bertz CT molecular complexity index is 1660. The summed E-state index contributed by atoms with van der Waals surface area (Å²) < 4.78 is 3.09. The fourth-order valence-corrected chi connectivity index (χ4v) is 5.74. The molecule has 0 radical (unpaired) electrons. The maximum absolute atomic E-state index is 5.21. The van der Waals surface area contributed by atoms with Crippen molar-refractivity contribution < 1.29 is 0 Å². The summed E-state index contributed by atoms with van der Waals surface area (Å²) in [4.78, 5) is 22.0. The average Bonchev–Trinajstić information content (AvgIpc) is 3.53. The Balaban J connectivity index is 1.41. The highest BCUT2D eigenvalue weighted by atomic mass is 79.9. The highest BCUT2D eigenvalue weighted by Crippen LogP contribution is 2.35. The Morgan fingerprint density at radius 3 is 2.38 bits per heavy atom. The first-order valence-electron chi connectivity index (χ1n) is 12.4. The summed E-state index contributed by atoms with van der Waals surface area (Å²) in [6.07, 6.45) is 5.78. The van der Waals surface area contributed by atoms with Crippen LogP contribution in [0.1, 0.15) is 18.4 Å². The summed E-state index contributed by atoms with van der Waals surface area (Å²) in [7, 11) is 0. The Morgan fingerprint density at radius 1 is 0.811 bits per heavy atom. The van der Waals surface area contributed by atoms with Crippen LogP contribution >= 0.6 is 15.9 Å². The van der Waals surface area contributed by atoms with E-state index in [2.05, 4.69) is 85.0 Å². The number of hydrogen-bond acceptors (Lipinski definition) is 5. The van der Waals surface area contributed by atoms with Gasteiger partial charge < -0.3 is 4.90 Å². The second-order valence-electron chi connectivity index (χ2n) is 9.23. The molecule has 2 atom stereocenters. The second kappa shape index (κ2) is 9.09. The van der Waals surface area contributed by atoms with Crippen LogP contribution < -0.4 is 4.90 Å². The van der Waals surface area contributed by atoms with E-state index in [1.54, 1.807) is 0 Å². The van der Waals surface area contributed by atoms with E-state index in [1.165, 1.54) is 0 Å². The number of fused-ring (bicyclic) bond motifs is 2. The van der Waals surface area contributed by atoms with Crippen molar-refractivity contribution in [2.45, 2.75) is 25.0 Å². The lowest BCUT2D eigenvalue weighted by atomic mass is 10.1. The minimum absolute atomic E-state index is 0.0216. The van der Waals surface area contributed by atoms with E-state index < -0.39 is 0 Å². The number of amidine groups is 1. The number of nitrogens with zero attached hydrogens (tertiary/aromatic N) is 6. The van der Waals surface area contributed by atoms with Crippen LogP contribution in [0.25, 0.3) is 28.2 Å². The highest BCUT2D eigenvalue weighted by molar-refractivity contribution is 9.10. The van der Waals surface area contributed by atoms with Crippen LogP contribution in [0.3, 0.4) is 0 Å². The van der Waals surface area contributed by atoms with Crippen molar-refractivity contribution in [3.63, 3.8) is 0 Å². The average molecular weight is 547 g/mol. The van der Waals surface area contributed by atoms with Crippen molar-refractivity contribution in [3.05, 3.63) is 107 Å². The molecule has 0 amide bonds. The van der Waals surface area contributed by atoms with Crippen molar-refractivity contribution in [2.75, 3.05) is 4.90 Å². The molecule has 0 saturated carbocycles. The predicted molar refractivity (Wildman–Crippen MR) is 153 cm³/mol. The fourth-order valence-electron chi connectivity index (χ4n) is 5.24. The van der Waals surface area contributed by atoms with E-state index in [9.17, 15) is 0 Å². The summed E-state index contributed by atoms with van der Waals surface area (Å²) in [5.41, 5.74) is 5.81. The summed E-state index contributed by atoms with van der Waals surface area (Å²) in [6.45, 7) is 0. The fraction of sp³-hybridized carbons (Fsp3) is 0.133. The molecule has 2 unspecified atom stereocenters. The number of hydrogen-bond donors (Lipinski definition) is 0. The Morgan fingerprint density at radius 2 is 1.57 bits per heavy atom. The van der Waals surface area contributed by atoms with Gasteiger partial charge in [0.05, 0.1) is 6.04 Å². The van der Waals surface area contributed by atoms with Crippen molar-refractivity contribution in [2.24, 2.45) is 9.98 Å². The van der Waals surface area contributed by atoms with Crippen LogP contribution in [-0.2, 0) is 0 Å². The standard InChI is InChI=1S/C30H23BrN6/c31-22-18-20(27-34-25-13-7-15-32-29(25)36(27)23-9-3-1-4-10-23)17-21(19-22)28-35-26-14-8-16-33-30(26)37(28)24-11-5-2-6-12-24/h1-7,9-13,15-19,26,30H,8,14H2. The minimum atomic E-state index is -0.0216. The largest absolute Gasteiger partial charge is 0.301 e. The third kappa shape index (κ3) is 3.86. The van der Waals surface area contributed by atoms with Gasteiger partial charge in [0.1, 0.15) is 23.3 Å². The van der Waals surface area contributed by atoms with Crippen molar-refractivity contribution in [1.82, 2.24) is 14.5 Å². The lowest BCUT2D eigenvalue weighted by Crippen LogP contribution is -2.40. The SMILES string of the molecule is Brc1cc(C2=NC3CCC=NC3N2c2ccccc2)cc(-c2nc3cccnc3n2-c2ccccc2)c1. The first-order valence-corrected chi connectivity index (χ1v) is 13.2. The minimum Gasteiger partial charge on any atom is -0.301 e. The van der Waals surface area contributed by atoms with E-state index in [-0.39, 0.29) is 12.2 Å². The van der Waals surface area contributed by atoms with Gasteiger partial charge in [0.25, 0.3) is 0 Å². The van der Waals surface area contributed by atoms with Crippen LogP contribution in [0.15, 0.2) is 112 Å². The number of imidazole rings is 1. The number of aliphatic imine (C=N–C) groups is 2. The molecule has 2 aromatic heterocycles. The number of halogens is 1. The number of para-hydroxylation sites is 2. The summed E-state index contributed by atoms with van der Waals surface area (Å²) in [6, 6.07) is 31.2. The molecule has 2 aliphatic heterocycles. The molecule has 0 bridgehead atoms. The van der Waals surface area contributed by atoms with Crippen LogP contribution in [-0.4, -0.2) is 38.8 Å². The van der Waals surface area contributed by atoms with E-state index in [4.69, 9.17) is 15.0 Å². The molecule has 6 nitrogen and oxygen atoms in total. The zero-order valence-corrected chi connectivity index (χ0v) is 21.5. The number of benzene rings is 3. The molecular weight excluding hydrogens is 524 g/mol. The smallest absolute Gasteiger partial charge is 0.164 e. The molecule has 7 rings (SSSR count). The summed E-state index contributed by atoms with van der Waals surface area (Å²) in [5.74, 6) is 1.77. The molecule has 7 heteroatoms. The van der Waals surface area contributed by atoms with Gasteiger partial charge >= 0.3 is 0 Å². The van der Waals surface area contributed by atoms with Gasteiger partial charge in [0.2, 0.25) is 0 Å². The molecule has 37 heavy (non-hydrogen) atoms. The van der Waals surface area contributed by atoms with Crippen LogP contribution in [0.2, 0.25) is 0 Å². The lowest BCUT2D eigenvalue weighted by molar-refractivity contribution is 0.531. The highest BCUT2D eigenvalue weighted by Gasteiger charge is 2.38. The molecule has 0 spiro atoms. The molecule has 4 heterocycles. The van der Waals surface area contributed by atoms with E-state index in [0.29, 0.717) is 0 Å². The van der Waals surface area contributed by atoms with Gasteiger partial charge in [-0.25, -0.2) is 9.97 Å². The molecule has 3 aromatic carbocycles. The van der Waals surface area contributed by atoms with Gasteiger partial charge in [-0.2, -0.15) is 0 Å². The maximum Gasteiger partial charge on any atom is 0.164 e. The molecular formula is C30H23BrN6. The Kier molecular flexibility index (Phi) is 5.43. The molecule has 0 saturated heterocycles. The molecule has 180 valence electrons. The first kappa shape index (κ1) is 22.1. The molecule has 0 N–H and O–H groups in total. The zero-order chi connectivity index (χ0) is 24.8. The number of pyridine rings is 1. The topological polar surface area (TPSA) is 58.7 Å². The number of anilines is 1. The molecule has 0 fully saturated rings. The molecule has 0 aliphatic carbocycles.